The van der Waals surface area contributed by atoms with E-state index in [1.54, 1.807) is 14.2 Å². The molecule has 0 bridgehead atoms. The normalized spacial score (nSPS) is 12.0. The summed E-state index contributed by atoms with van der Waals surface area (Å²) in [6.07, 6.45) is -0.113. The van der Waals surface area contributed by atoms with Gasteiger partial charge in [0.1, 0.15) is 0 Å². The number of methoxy groups -OCH3 is 2. The molecular formula is C16H17BrO3. The summed E-state index contributed by atoms with van der Waals surface area (Å²) in [6.45, 7) is 0. The Morgan fingerprint density at radius 1 is 1.05 bits per heavy atom. The van der Waals surface area contributed by atoms with Gasteiger partial charge in [-0.25, -0.2) is 0 Å². The first-order valence-corrected chi connectivity index (χ1v) is 7.08. The molecule has 0 fully saturated rings. The summed E-state index contributed by atoms with van der Waals surface area (Å²) in [4.78, 5) is 0. The minimum atomic E-state index is -0.638. The van der Waals surface area contributed by atoms with E-state index in [1.165, 1.54) is 0 Å². The first-order chi connectivity index (χ1) is 9.65. The maximum absolute atomic E-state index is 10.4. The fraction of sp³-hybridized carbons (Fsp3) is 0.250. The highest BCUT2D eigenvalue weighted by atomic mass is 79.9. The van der Waals surface area contributed by atoms with Crippen LogP contribution in [0.25, 0.3) is 0 Å². The Labute approximate surface area is 127 Å². The van der Waals surface area contributed by atoms with Crippen LogP contribution in [0.1, 0.15) is 17.2 Å². The summed E-state index contributed by atoms with van der Waals surface area (Å²) in [5, 5.41) is 10.4. The predicted octanol–water partition coefficient (Wildman–Crippen LogP) is 3.74. The fourth-order valence-corrected chi connectivity index (χ4v) is 2.39. The second-order valence-corrected chi connectivity index (χ2v) is 5.34. The SMILES string of the molecule is COc1cccc(C(O)Cc2ccc(Br)cc2)c1OC. The summed E-state index contributed by atoms with van der Waals surface area (Å²) in [5.74, 6) is 1.21. The van der Waals surface area contributed by atoms with E-state index in [1.807, 2.05) is 42.5 Å². The van der Waals surface area contributed by atoms with Crippen molar-refractivity contribution in [2.24, 2.45) is 0 Å². The van der Waals surface area contributed by atoms with Gasteiger partial charge in [-0.3, -0.25) is 0 Å². The molecule has 0 amide bonds. The zero-order chi connectivity index (χ0) is 14.5. The van der Waals surface area contributed by atoms with Crippen LogP contribution in [0, 0.1) is 0 Å². The molecule has 4 heteroatoms. The van der Waals surface area contributed by atoms with Gasteiger partial charge in [0.2, 0.25) is 0 Å². The molecule has 2 aromatic rings. The number of aliphatic hydroxyl groups is 1. The van der Waals surface area contributed by atoms with Crippen LogP contribution in [0.3, 0.4) is 0 Å². The van der Waals surface area contributed by atoms with Gasteiger partial charge in [0.25, 0.3) is 0 Å². The quantitative estimate of drug-likeness (QED) is 0.903. The second-order valence-electron chi connectivity index (χ2n) is 4.43. The molecule has 3 nitrogen and oxygen atoms in total. The van der Waals surface area contributed by atoms with Crippen LogP contribution in [-0.2, 0) is 6.42 Å². The van der Waals surface area contributed by atoms with Gasteiger partial charge >= 0.3 is 0 Å². The predicted molar refractivity (Wildman–Crippen MR) is 82.4 cm³/mol. The molecule has 106 valence electrons. The molecule has 0 aliphatic heterocycles. The summed E-state index contributed by atoms with van der Waals surface area (Å²) < 4.78 is 11.6. The topological polar surface area (TPSA) is 38.7 Å². The number of ether oxygens (including phenoxy) is 2. The van der Waals surface area contributed by atoms with Crippen LogP contribution in [-0.4, -0.2) is 19.3 Å². The van der Waals surface area contributed by atoms with Crippen molar-refractivity contribution in [1.29, 1.82) is 0 Å². The number of hydrogen-bond donors (Lipinski definition) is 1. The maximum Gasteiger partial charge on any atom is 0.166 e. The zero-order valence-corrected chi connectivity index (χ0v) is 13.1. The van der Waals surface area contributed by atoms with Crippen molar-refractivity contribution in [2.75, 3.05) is 14.2 Å². The lowest BCUT2D eigenvalue weighted by Gasteiger charge is -2.17. The molecule has 0 saturated heterocycles. The van der Waals surface area contributed by atoms with Gasteiger partial charge in [-0.15, -0.1) is 0 Å². The Morgan fingerprint density at radius 2 is 1.75 bits per heavy atom. The van der Waals surface area contributed by atoms with Crippen molar-refractivity contribution in [3.05, 3.63) is 58.1 Å². The molecule has 0 spiro atoms. The number of para-hydroxylation sites is 1. The van der Waals surface area contributed by atoms with E-state index in [0.717, 1.165) is 15.6 Å². The van der Waals surface area contributed by atoms with E-state index < -0.39 is 6.10 Å². The van der Waals surface area contributed by atoms with E-state index in [4.69, 9.17) is 9.47 Å². The second kappa shape index (κ2) is 6.77. The highest BCUT2D eigenvalue weighted by Gasteiger charge is 2.17. The largest absolute Gasteiger partial charge is 0.493 e. The van der Waals surface area contributed by atoms with Gasteiger partial charge in [0.15, 0.2) is 11.5 Å². The maximum atomic E-state index is 10.4. The van der Waals surface area contributed by atoms with E-state index in [0.29, 0.717) is 17.9 Å². The van der Waals surface area contributed by atoms with Crippen molar-refractivity contribution < 1.29 is 14.6 Å². The molecule has 0 aliphatic carbocycles. The Kier molecular flexibility index (Phi) is 5.04. The monoisotopic (exact) mass is 336 g/mol. The van der Waals surface area contributed by atoms with E-state index in [9.17, 15) is 5.11 Å². The molecule has 20 heavy (non-hydrogen) atoms. The van der Waals surface area contributed by atoms with Crippen molar-refractivity contribution in [2.45, 2.75) is 12.5 Å². The Hall–Kier alpha value is -1.52. The van der Waals surface area contributed by atoms with Gasteiger partial charge in [0.05, 0.1) is 20.3 Å². The highest BCUT2D eigenvalue weighted by molar-refractivity contribution is 9.10. The molecule has 0 aliphatic rings. The first-order valence-electron chi connectivity index (χ1n) is 6.29. The molecule has 0 heterocycles. The van der Waals surface area contributed by atoms with E-state index >= 15 is 0 Å². The molecule has 2 aromatic carbocycles. The number of rotatable bonds is 5. The number of hydrogen-bond acceptors (Lipinski definition) is 3. The average Bonchev–Trinajstić information content (AvgIpc) is 2.48. The molecule has 0 aromatic heterocycles. The van der Waals surface area contributed by atoms with Gasteiger partial charge in [-0.1, -0.05) is 40.2 Å². The molecule has 1 atom stereocenters. The van der Waals surface area contributed by atoms with Crippen LogP contribution >= 0.6 is 15.9 Å². The summed E-state index contributed by atoms with van der Waals surface area (Å²) in [6, 6.07) is 13.4. The smallest absolute Gasteiger partial charge is 0.166 e. The molecule has 1 unspecified atom stereocenters. The van der Waals surface area contributed by atoms with Gasteiger partial charge in [-0.05, 0) is 23.8 Å². The van der Waals surface area contributed by atoms with Crippen LogP contribution < -0.4 is 9.47 Å². The minimum absolute atomic E-state index is 0.525. The molecule has 0 radical (unpaired) electrons. The van der Waals surface area contributed by atoms with E-state index in [2.05, 4.69) is 15.9 Å². The number of benzene rings is 2. The van der Waals surface area contributed by atoms with Crippen LogP contribution in [0.5, 0.6) is 11.5 Å². The van der Waals surface area contributed by atoms with Gasteiger partial charge in [-0.2, -0.15) is 0 Å². The van der Waals surface area contributed by atoms with Crippen molar-refractivity contribution in [3.63, 3.8) is 0 Å². The van der Waals surface area contributed by atoms with Crippen LogP contribution in [0.15, 0.2) is 46.9 Å². The average molecular weight is 337 g/mol. The fourth-order valence-electron chi connectivity index (χ4n) is 2.13. The minimum Gasteiger partial charge on any atom is -0.493 e. The molecule has 2 rings (SSSR count). The van der Waals surface area contributed by atoms with Gasteiger partial charge < -0.3 is 14.6 Å². The lowest BCUT2D eigenvalue weighted by Crippen LogP contribution is -2.05. The third-order valence-electron chi connectivity index (χ3n) is 3.13. The van der Waals surface area contributed by atoms with Crippen LogP contribution in [0.4, 0.5) is 0 Å². The molecule has 1 N–H and O–H groups in total. The van der Waals surface area contributed by atoms with Crippen molar-refractivity contribution in [1.82, 2.24) is 0 Å². The first kappa shape index (κ1) is 14.9. The third-order valence-corrected chi connectivity index (χ3v) is 3.66. The van der Waals surface area contributed by atoms with Crippen molar-refractivity contribution in [3.8, 4) is 11.5 Å². The van der Waals surface area contributed by atoms with E-state index in [-0.39, 0.29) is 0 Å². The van der Waals surface area contributed by atoms with Gasteiger partial charge in [0, 0.05) is 16.5 Å². The molecular weight excluding hydrogens is 320 g/mol. The number of aliphatic hydroxyl groups excluding tert-OH is 1. The molecule has 0 saturated carbocycles. The third kappa shape index (κ3) is 3.32. The summed E-state index contributed by atoms with van der Waals surface area (Å²) >= 11 is 3.40. The summed E-state index contributed by atoms with van der Waals surface area (Å²) in [5.41, 5.74) is 1.79. The zero-order valence-electron chi connectivity index (χ0n) is 11.5. The standard InChI is InChI=1S/C16H17BrO3/c1-19-15-5-3-4-13(16(15)20-2)14(18)10-11-6-8-12(17)9-7-11/h3-9,14,18H,10H2,1-2H3. The lowest BCUT2D eigenvalue weighted by molar-refractivity contribution is 0.173. The Morgan fingerprint density at radius 3 is 2.35 bits per heavy atom. The van der Waals surface area contributed by atoms with Crippen LogP contribution in [0.2, 0.25) is 0 Å². The Bertz CT molecular complexity index is 566. The lowest BCUT2D eigenvalue weighted by atomic mass is 10.0. The highest BCUT2D eigenvalue weighted by Crippen LogP contribution is 2.35. The summed E-state index contributed by atoms with van der Waals surface area (Å²) in [7, 11) is 3.16. The van der Waals surface area contributed by atoms with Crippen molar-refractivity contribution >= 4 is 15.9 Å². The Balaban J connectivity index is 2.24. The number of halogens is 1.